The molecule has 0 saturated heterocycles. The molecule has 1 N–H and O–H groups in total. The third-order valence-electron chi connectivity index (χ3n) is 3.37. The Morgan fingerprint density at radius 1 is 1.00 bits per heavy atom. The second kappa shape index (κ2) is 6.62. The van der Waals surface area contributed by atoms with Gasteiger partial charge in [-0.15, -0.1) is 0 Å². The van der Waals surface area contributed by atoms with Crippen LogP contribution in [0.1, 0.15) is 32.6 Å². The molecule has 0 radical (unpaired) electrons. The van der Waals surface area contributed by atoms with E-state index in [0.717, 1.165) is 17.1 Å². The average Bonchev–Trinajstić information content (AvgIpc) is 2.42. The summed E-state index contributed by atoms with van der Waals surface area (Å²) in [6.45, 7) is 4.10. The molecule has 0 bridgehead atoms. The van der Waals surface area contributed by atoms with Crippen LogP contribution < -0.4 is 0 Å². The molecule has 0 saturated carbocycles. The highest BCUT2D eigenvalue weighted by atomic mass is 32.2. The third-order valence-corrected chi connectivity index (χ3v) is 4.40. The van der Waals surface area contributed by atoms with Crippen LogP contribution in [0.5, 0.6) is 0 Å². The van der Waals surface area contributed by atoms with Gasteiger partial charge in [0.05, 0.1) is 5.56 Å². The average molecular weight is 286 g/mol. The number of hydrogen-bond donors (Lipinski definition) is 1. The maximum absolute atomic E-state index is 10.9. The first-order valence-electron chi connectivity index (χ1n) is 6.53. The molecule has 0 unspecified atom stereocenters. The van der Waals surface area contributed by atoms with Gasteiger partial charge in [-0.3, -0.25) is 0 Å². The molecule has 0 amide bonds. The Bertz CT molecular complexity index is 620. The molecule has 0 aliphatic rings. The van der Waals surface area contributed by atoms with Crippen molar-refractivity contribution < 1.29 is 9.90 Å². The largest absolute Gasteiger partial charge is 0.478 e. The smallest absolute Gasteiger partial charge is 0.335 e. The lowest BCUT2D eigenvalue weighted by atomic mass is 10.1. The van der Waals surface area contributed by atoms with Gasteiger partial charge in [-0.25, -0.2) is 4.79 Å². The predicted octanol–water partition coefficient (Wildman–Crippen LogP) is 4.44. The molecule has 0 heterocycles. The van der Waals surface area contributed by atoms with Crippen LogP contribution in [0, 0.1) is 13.8 Å². The lowest BCUT2D eigenvalue weighted by molar-refractivity contribution is 0.0697. The van der Waals surface area contributed by atoms with Gasteiger partial charge in [0, 0.05) is 11.5 Å². The van der Waals surface area contributed by atoms with Gasteiger partial charge in [0.15, 0.2) is 0 Å². The normalized spacial score (nSPS) is 10.5. The Labute approximate surface area is 123 Å². The quantitative estimate of drug-likeness (QED) is 0.883. The summed E-state index contributed by atoms with van der Waals surface area (Å²) in [7, 11) is 0. The van der Waals surface area contributed by atoms with E-state index < -0.39 is 5.97 Å². The van der Waals surface area contributed by atoms with Crippen molar-refractivity contribution in [1.82, 2.24) is 0 Å². The van der Waals surface area contributed by atoms with Crippen LogP contribution in [-0.2, 0) is 11.5 Å². The molecule has 0 atom stereocenters. The molecule has 0 aliphatic heterocycles. The molecule has 2 aromatic rings. The molecule has 2 aromatic carbocycles. The van der Waals surface area contributed by atoms with Crippen molar-refractivity contribution >= 4 is 17.7 Å². The number of carboxylic acids is 1. The minimum Gasteiger partial charge on any atom is -0.478 e. The van der Waals surface area contributed by atoms with Crippen LogP contribution in [0.15, 0.2) is 42.5 Å². The zero-order chi connectivity index (χ0) is 14.5. The van der Waals surface area contributed by atoms with Crippen molar-refractivity contribution in [2.45, 2.75) is 25.4 Å². The summed E-state index contributed by atoms with van der Waals surface area (Å²) in [5.74, 6) is 1.01. The fourth-order valence-electron chi connectivity index (χ4n) is 2.03. The highest BCUT2D eigenvalue weighted by Gasteiger charge is 2.06. The van der Waals surface area contributed by atoms with E-state index in [2.05, 4.69) is 31.2 Å². The number of aryl methyl sites for hydroxylation is 2. The summed E-state index contributed by atoms with van der Waals surface area (Å²) in [6, 6.07) is 13.7. The molecule has 0 spiro atoms. The maximum Gasteiger partial charge on any atom is 0.335 e. The molecular weight excluding hydrogens is 268 g/mol. The Morgan fingerprint density at radius 3 is 2.25 bits per heavy atom. The van der Waals surface area contributed by atoms with Crippen molar-refractivity contribution in [3.05, 3.63) is 70.3 Å². The second-order valence-corrected chi connectivity index (χ2v) is 5.85. The van der Waals surface area contributed by atoms with E-state index in [9.17, 15) is 4.79 Å². The first-order valence-corrected chi connectivity index (χ1v) is 7.68. The fraction of sp³-hybridized carbons (Fsp3) is 0.235. The van der Waals surface area contributed by atoms with E-state index in [4.69, 9.17) is 5.11 Å². The van der Waals surface area contributed by atoms with Crippen molar-refractivity contribution in [3.63, 3.8) is 0 Å². The lowest BCUT2D eigenvalue weighted by Gasteiger charge is -2.08. The Hall–Kier alpha value is -1.74. The highest BCUT2D eigenvalue weighted by Crippen LogP contribution is 2.22. The maximum atomic E-state index is 10.9. The van der Waals surface area contributed by atoms with Gasteiger partial charge in [-0.05, 0) is 48.2 Å². The highest BCUT2D eigenvalue weighted by molar-refractivity contribution is 7.97. The molecular formula is C17H18O2S. The van der Waals surface area contributed by atoms with E-state index in [0.29, 0.717) is 5.56 Å². The van der Waals surface area contributed by atoms with E-state index in [-0.39, 0.29) is 0 Å². The zero-order valence-corrected chi connectivity index (χ0v) is 12.5. The van der Waals surface area contributed by atoms with Gasteiger partial charge in [0.25, 0.3) is 0 Å². The Kier molecular flexibility index (Phi) is 4.85. The molecule has 0 aromatic heterocycles. The standard InChI is InChI=1S/C17H18O2S/c1-12-5-3-4-6-15(12)10-20-11-16-8-7-14(17(18)19)9-13(16)2/h3-9H,10-11H2,1-2H3,(H,18,19). The monoisotopic (exact) mass is 286 g/mol. The second-order valence-electron chi connectivity index (χ2n) is 4.87. The van der Waals surface area contributed by atoms with Crippen molar-refractivity contribution in [2.75, 3.05) is 0 Å². The summed E-state index contributed by atoms with van der Waals surface area (Å²) in [6.07, 6.45) is 0. The summed E-state index contributed by atoms with van der Waals surface area (Å²) < 4.78 is 0. The molecule has 2 nitrogen and oxygen atoms in total. The van der Waals surface area contributed by atoms with Crippen LogP contribution in [0.4, 0.5) is 0 Å². The van der Waals surface area contributed by atoms with E-state index in [1.165, 1.54) is 16.7 Å². The summed E-state index contributed by atoms with van der Waals surface area (Å²) >= 11 is 1.85. The number of rotatable bonds is 5. The lowest BCUT2D eigenvalue weighted by Crippen LogP contribution is -1.98. The topological polar surface area (TPSA) is 37.3 Å². The first-order chi connectivity index (χ1) is 9.58. The molecule has 2 rings (SSSR count). The Balaban J connectivity index is 1.98. The summed E-state index contributed by atoms with van der Waals surface area (Å²) in [5, 5.41) is 8.95. The molecule has 20 heavy (non-hydrogen) atoms. The van der Waals surface area contributed by atoms with Gasteiger partial charge in [-0.1, -0.05) is 30.3 Å². The number of carbonyl (C=O) groups is 1. The van der Waals surface area contributed by atoms with Crippen LogP contribution in [0.3, 0.4) is 0 Å². The van der Waals surface area contributed by atoms with Crippen LogP contribution >= 0.6 is 11.8 Å². The molecule has 0 fully saturated rings. The van der Waals surface area contributed by atoms with E-state index in [1.807, 2.05) is 24.8 Å². The van der Waals surface area contributed by atoms with Gasteiger partial charge in [0.2, 0.25) is 0 Å². The SMILES string of the molecule is Cc1ccccc1CSCc1ccc(C(=O)O)cc1C. The third kappa shape index (κ3) is 3.64. The van der Waals surface area contributed by atoms with Gasteiger partial charge in [-0.2, -0.15) is 11.8 Å². The van der Waals surface area contributed by atoms with Crippen molar-refractivity contribution in [3.8, 4) is 0 Å². The van der Waals surface area contributed by atoms with E-state index in [1.54, 1.807) is 12.1 Å². The summed E-state index contributed by atoms with van der Waals surface area (Å²) in [5.41, 5.74) is 5.28. The number of carboxylic acid groups (broad SMARTS) is 1. The van der Waals surface area contributed by atoms with E-state index >= 15 is 0 Å². The first kappa shape index (κ1) is 14.7. The van der Waals surface area contributed by atoms with Crippen molar-refractivity contribution in [1.29, 1.82) is 0 Å². The summed E-state index contributed by atoms with van der Waals surface area (Å²) in [4.78, 5) is 10.9. The van der Waals surface area contributed by atoms with Crippen LogP contribution in [-0.4, -0.2) is 11.1 Å². The molecule has 104 valence electrons. The molecule has 3 heteroatoms. The minimum absolute atomic E-state index is 0.357. The van der Waals surface area contributed by atoms with Gasteiger partial charge >= 0.3 is 5.97 Å². The fourth-order valence-corrected chi connectivity index (χ4v) is 3.22. The Morgan fingerprint density at radius 2 is 1.65 bits per heavy atom. The number of benzene rings is 2. The minimum atomic E-state index is -0.868. The number of thioether (sulfide) groups is 1. The predicted molar refractivity (Wildman–Crippen MR) is 84.3 cm³/mol. The molecule has 0 aliphatic carbocycles. The number of aromatic carboxylic acids is 1. The van der Waals surface area contributed by atoms with Crippen LogP contribution in [0.2, 0.25) is 0 Å². The van der Waals surface area contributed by atoms with Gasteiger partial charge < -0.3 is 5.11 Å². The van der Waals surface area contributed by atoms with Crippen LogP contribution in [0.25, 0.3) is 0 Å². The zero-order valence-electron chi connectivity index (χ0n) is 11.7. The number of hydrogen-bond acceptors (Lipinski definition) is 2. The van der Waals surface area contributed by atoms with Gasteiger partial charge in [0.1, 0.15) is 0 Å². The van der Waals surface area contributed by atoms with Crippen molar-refractivity contribution in [2.24, 2.45) is 0 Å².